The number of hydrogen-bond acceptors (Lipinski definition) is 3. The second-order valence-electron chi connectivity index (χ2n) is 3.56. The summed E-state index contributed by atoms with van der Waals surface area (Å²) in [5.74, 6) is -0.554. The van der Waals surface area contributed by atoms with Gasteiger partial charge in [0.05, 0.1) is 6.54 Å². The van der Waals surface area contributed by atoms with E-state index >= 15 is 0 Å². The molecule has 0 aliphatic rings. The fourth-order valence-corrected chi connectivity index (χ4v) is 1.78. The van der Waals surface area contributed by atoms with Gasteiger partial charge in [-0.05, 0) is 17.7 Å². The Balaban J connectivity index is 2.41. The average Bonchev–Trinajstić information content (AvgIpc) is 2.34. The second kappa shape index (κ2) is 7.38. The highest BCUT2D eigenvalue weighted by Gasteiger charge is 2.18. The molecule has 18 heavy (non-hydrogen) atoms. The molecule has 0 spiro atoms. The molecule has 1 unspecified atom stereocenters. The number of carbonyl (C=O) groups excluding carboxylic acids is 2. The van der Waals surface area contributed by atoms with Crippen LogP contribution in [0.3, 0.4) is 0 Å². The maximum Gasteiger partial charge on any atom is 0.324 e. The number of alkyl halides is 1. The van der Waals surface area contributed by atoms with Crippen molar-refractivity contribution in [1.29, 1.82) is 0 Å². The van der Waals surface area contributed by atoms with Gasteiger partial charge >= 0.3 is 5.97 Å². The first-order chi connectivity index (χ1) is 8.50. The van der Waals surface area contributed by atoms with Crippen LogP contribution in [0.25, 0.3) is 0 Å². The van der Waals surface area contributed by atoms with E-state index in [4.69, 9.17) is 16.3 Å². The van der Waals surface area contributed by atoms with E-state index in [1.807, 2.05) is 0 Å². The van der Waals surface area contributed by atoms with Crippen LogP contribution >= 0.6 is 27.5 Å². The molecule has 1 aromatic rings. The summed E-state index contributed by atoms with van der Waals surface area (Å²) >= 11 is 9.01. The molecule has 0 aliphatic carbocycles. The van der Waals surface area contributed by atoms with Crippen molar-refractivity contribution in [2.24, 2.45) is 0 Å². The topological polar surface area (TPSA) is 55.4 Å². The van der Waals surface area contributed by atoms with Crippen molar-refractivity contribution in [3.05, 3.63) is 34.9 Å². The molecule has 0 aromatic heterocycles. The number of rotatable bonds is 5. The summed E-state index contributed by atoms with van der Waals surface area (Å²) in [6.07, 6.45) is 0. The van der Waals surface area contributed by atoms with Crippen molar-refractivity contribution in [1.82, 2.24) is 5.32 Å². The van der Waals surface area contributed by atoms with Gasteiger partial charge in [-0.3, -0.25) is 9.59 Å². The maximum atomic E-state index is 11.7. The lowest BCUT2D eigenvalue weighted by Gasteiger charge is -2.10. The molecule has 0 radical (unpaired) electrons. The summed E-state index contributed by atoms with van der Waals surface area (Å²) in [5, 5.41) is 3.15. The molecule has 1 aromatic carbocycles. The van der Waals surface area contributed by atoms with Crippen LogP contribution in [0.5, 0.6) is 0 Å². The Morgan fingerprint density at radius 1 is 1.39 bits per heavy atom. The lowest BCUT2D eigenvalue weighted by Crippen LogP contribution is -2.26. The van der Waals surface area contributed by atoms with E-state index in [1.165, 1.54) is 6.92 Å². The summed E-state index contributed by atoms with van der Waals surface area (Å²) in [5.41, 5.74) is 0.768. The Morgan fingerprint density at radius 2 is 2.00 bits per heavy atom. The van der Waals surface area contributed by atoms with Crippen LogP contribution in [0.2, 0.25) is 5.02 Å². The first-order valence-electron chi connectivity index (χ1n) is 5.31. The maximum absolute atomic E-state index is 11.7. The highest BCUT2D eigenvalue weighted by molar-refractivity contribution is 9.09. The van der Waals surface area contributed by atoms with Crippen molar-refractivity contribution in [3.8, 4) is 0 Å². The van der Waals surface area contributed by atoms with Crippen molar-refractivity contribution in [2.75, 3.05) is 13.2 Å². The Morgan fingerprint density at radius 3 is 2.56 bits per heavy atom. The van der Waals surface area contributed by atoms with E-state index in [1.54, 1.807) is 24.3 Å². The van der Waals surface area contributed by atoms with Crippen LogP contribution in [-0.2, 0) is 14.3 Å². The van der Waals surface area contributed by atoms with Gasteiger partial charge in [0.15, 0.2) is 0 Å². The van der Waals surface area contributed by atoms with Crippen molar-refractivity contribution in [2.45, 2.75) is 11.8 Å². The molecule has 0 bridgehead atoms. The summed E-state index contributed by atoms with van der Waals surface area (Å²) in [6.45, 7) is 1.86. The Hall–Kier alpha value is -1.07. The molecule has 1 N–H and O–H groups in total. The molecular weight excluding hydrogens is 321 g/mol. The highest BCUT2D eigenvalue weighted by Crippen LogP contribution is 2.25. The molecule has 1 amide bonds. The molecule has 4 nitrogen and oxygen atoms in total. The predicted octanol–water partition coefficient (Wildman–Crippen LogP) is 2.46. The van der Waals surface area contributed by atoms with E-state index in [2.05, 4.69) is 21.2 Å². The van der Waals surface area contributed by atoms with Gasteiger partial charge in [0.25, 0.3) is 0 Å². The number of amides is 1. The third kappa shape index (κ3) is 5.06. The smallest absolute Gasteiger partial charge is 0.324 e. The van der Waals surface area contributed by atoms with Gasteiger partial charge in [-0.15, -0.1) is 0 Å². The lowest BCUT2D eigenvalue weighted by atomic mass is 10.1. The molecule has 0 saturated heterocycles. The Labute approximate surface area is 119 Å². The van der Waals surface area contributed by atoms with Crippen LogP contribution in [0, 0.1) is 0 Å². The van der Waals surface area contributed by atoms with Gasteiger partial charge in [0, 0.05) is 11.9 Å². The molecule has 1 rings (SSSR count). The number of carbonyl (C=O) groups is 2. The minimum Gasteiger partial charge on any atom is -0.463 e. The van der Waals surface area contributed by atoms with E-state index in [0.717, 1.165) is 5.56 Å². The number of halogens is 2. The Bertz CT molecular complexity index is 422. The SMILES string of the molecule is CC(=O)NCCOC(=O)C(Br)c1ccc(Cl)cc1. The predicted molar refractivity (Wildman–Crippen MR) is 72.8 cm³/mol. The van der Waals surface area contributed by atoms with E-state index < -0.39 is 10.8 Å². The summed E-state index contributed by atoms with van der Waals surface area (Å²) in [6, 6.07) is 6.90. The van der Waals surface area contributed by atoms with Crippen molar-refractivity contribution < 1.29 is 14.3 Å². The number of ether oxygens (including phenoxy) is 1. The Kier molecular flexibility index (Phi) is 6.15. The normalized spacial score (nSPS) is 11.7. The van der Waals surface area contributed by atoms with Gasteiger partial charge in [-0.25, -0.2) is 0 Å². The molecular formula is C12H13BrClNO3. The number of benzene rings is 1. The van der Waals surface area contributed by atoms with Gasteiger partial charge < -0.3 is 10.1 Å². The molecule has 6 heteroatoms. The van der Waals surface area contributed by atoms with Gasteiger partial charge in [-0.2, -0.15) is 0 Å². The standard InChI is InChI=1S/C12H13BrClNO3/c1-8(16)15-6-7-18-12(17)11(13)9-2-4-10(14)5-3-9/h2-5,11H,6-7H2,1H3,(H,15,16). The summed E-state index contributed by atoms with van der Waals surface area (Å²) in [7, 11) is 0. The van der Waals surface area contributed by atoms with Gasteiger partial charge in [0.2, 0.25) is 5.91 Å². The van der Waals surface area contributed by atoms with E-state index in [0.29, 0.717) is 11.6 Å². The zero-order valence-electron chi connectivity index (χ0n) is 9.78. The molecule has 98 valence electrons. The van der Waals surface area contributed by atoms with Crippen molar-refractivity contribution >= 4 is 39.4 Å². The lowest BCUT2D eigenvalue weighted by molar-refractivity contribution is -0.143. The van der Waals surface area contributed by atoms with Crippen LogP contribution in [0.15, 0.2) is 24.3 Å². The largest absolute Gasteiger partial charge is 0.463 e. The number of esters is 1. The first-order valence-corrected chi connectivity index (χ1v) is 6.60. The zero-order chi connectivity index (χ0) is 13.5. The minimum atomic E-state index is -0.535. The second-order valence-corrected chi connectivity index (χ2v) is 4.92. The van der Waals surface area contributed by atoms with Gasteiger partial charge in [-0.1, -0.05) is 39.7 Å². The molecule has 0 saturated carbocycles. The van der Waals surface area contributed by atoms with Crippen LogP contribution in [0.4, 0.5) is 0 Å². The van der Waals surface area contributed by atoms with Crippen LogP contribution < -0.4 is 5.32 Å². The first kappa shape index (κ1) is 15.0. The summed E-state index contributed by atoms with van der Waals surface area (Å²) < 4.78 is 5.01. The monoisotopic (exact) mass is 333 g/mol. The molecule has 1 atom stereocenters. The zero-order valence-corrected chi connectivity index (χ0v) is 12.1. The molecule has 0 fully saturated rings. The van der Waals surface area contributed by atoms with E-state index in [9.17, 15) is 9.59 Å². The van der Waals surface area contributed by atoms with Crippen LogP contribution in [-0.4, -0.2) is 25.0 Å². The minimum absolute atomic E-state index is 0.147. The fraction of sp³-hybridized carbons (Fsp3) is 0.333. The van der Waals surface area contributed by atoms with Crippen LogP contribution in [0.1, 0.15) is 17.3 Å². The average molecular weight is 335 g/mol. The third-order valence-corrected chi connectivity index (χ3v) is 3.24. The number of nitrogens with one attached hydrogen (secondary N) is 1. The summed E-state index contributed by atoms with van der Waals surface area (Å²) in [4.78, 5) is 21.7. The fourth-order valence-electron chi connectivity index (χ4n) is 1.22. The van der Waals surface area contributed by atoms with Gasteiger partial charge in [0.1, 0.15) is 11.4 Å². The highest BCUT2D eigenvalue weighted by atomic mass is 79.9. The number of hydrogen-bond donors (Lipinski definition) is 1. The molecule has 0 heterocycles. The third-order valence-electron chi connectivity index (χ3n) is 2.09. The van der Waals surface area contributed by atoms with E-state index in [-0.39, 0.29) is 12.5 Å². The van der Waals surface area contributed by atoms with Crippen molar-refractivity contribution in [3.63, 3.8) is 0 Å². The molecule has 0 aliphatic heterocycles. The quantitative estimate of drug-likeness (QED) is 0.511.